The lowest BCUT2D eigenvalue weighted by molar-refractivity contribution is 0.0183. The molecule has 0 radical (unpaired) electrons. The minimum atomic E-state index is -0.149. The average Bonchev–Trinajstić information content (AvgIpc) is 3.23. The van der Waals surface area contributed by atoms with Crippen LogP contribution in [0.3, 0.4) is 0 Å². The molecule has 0 unspecified atom stereocenters. The third-order valence-electron chi connectivity index (χ3n) is 5.46. The lowest BCUT2D eigenvalue weighted by atomic mass is 10.0. The molecule has 164 valence electrons. The van der Waals surface area contributed by atoms with Gasteiger partial charge in [-0.25, -0.2) is 15.0 Å². The Morgan fingerprint density at radius 2 is 2.12 bits per heavy atom. The lowest BCUT2D eigenvalue weighted by Crippen LogP contribution is -2.42. The van der Waals surface area contributed by atoms with E-state index in [1.165, 1.54) is 0 Å². The highest BCUT2D eigenvalue weighted by Crippen LogP contribution is 2.33. The molecule has 9 heteroatoms. The third kappa shape index (κ3) is 4.06. The molecule has 1 fully saturated rings. The monoisotopic (exact) mass is 467 g/mol. The summed E-state index contributed by atoms with van der Waals surface area (Å²) >= 11 is 8.25. The van der Waals surface area contributed by atoms with Gasteiger partial charge in [-0.1, -0.05) is 23.7 Å². The zero-order valence-electron chi connectivity index (χ0n) is 17.8. The number of nitrogens with zero attached hydrogens (tertiary/aromatic N) is 4. The van der Waals surface area contributed by atoms with Gasteiger partial charge in [0.2, 0.25) is 0 Å². The van der Waals surface area contributed by atoms with Gasteiger partial charge in [0, 0.05) is 57.5 Å². The summed E-state index contributed by atoms with van der Waals surface area (Å²) < 4.78 is 7.54. The smallest absolute Gasteiger partial charge is 0.260 e. The minimum Gasteiger partial charge on any atom is -0.374 e. The van der Waals surface area contributed by atoms with E-state index in [0.29, 0.717) is 47.3 Å². The van der Waals surface area contributed by atoms with Gasteiger partial charge in [-0.15, -0.1) is 11.3 Å². The molecule has 0 aliphatic carbocycles. The highest BCUT2D eigenvalue weighted by molar-refractivity contribution is 7.13. The van der Waals surface area contributed by atoms with Gasteiger partial charge < -0.3 is 10.1 Å². The van der Waals surface area contributed by atoms with E-state index >= 15 is 0 Å². The lowest BCUT2D eigenvalue weighted by Gasteiger charge is -2.25. The number of aryl methyl sites for hydroxylation is 2. The van der Waals surface area contributed by atoms with Crippen LogP contribution in [-0.4, -0.2) is 45.3 Å². The summed E-state index contributed by atoms with van der Waals surface area (Å²) in [5.74, 6) is 0.613. The van der Waals surface area contributed by atoms with E-state index in [2.05, 4.69) is 20.3 Å². The van der Waals surface area contributed by atoms with Crippen molar-refractivity contribution < 1.29 is 4.74 Å². The molecule has 1 N–H and O–H groups in total. The molecule has 3 aromatic heterocycles. The fourth-order valence-electron chi connectivity index (χ4n) is 3.90. The van der Waals surface area contributed by atoms with Crippen LogP contribution in [0.2, 0.25) is 5.02 Å². The van der Waals surface area contributed by atoms with Crippen LogP contribution in [-0.2, 0) is 11.3 Å². The number of aromatic nitrogens is 4. The van der Waals surface area contributed by atoms with Crippen molar-refractivity contribution in [2.45, 2.75) is 26.5 Å². The van der Waals surface area contributed by atoms with Gasteiger partial charge in [0.25, 0.3) is 5.56 Å². The Labute approximate surface area is 194 Å². The van der Waals surface area contributed by atoms with Crippen LogP contribution < -0.4 is 10.9 Å². The van der Waals surface area contributed by atoms with Gasteiger partial charge in [0.1, 0.15) is 16.5 Å². The van der Waals surface area contributed by atoms with Gasteiger partial charge >= 0.3 is 0 Å². The number of hydrogen-bond acceptors (Lipinski definition) is 7. The molecule has 7 nitrogen and oxygen atoms in total. The number of benzene rings is 1. The van der Waals surface area contributed by atoms with Crippen molar-refractivity contribution >= 4 is 34.0 Å². The van der Waals surface area contributed by atoms with Crippen molar-refractivity contribution in [2.75, 3.05) is 19.7 Å². The maximum Gasteiger partial charge on any atom is 0.260 e. The molecule has 5 rings (SSSR count). The maximum absolute atomic E-state index is 13.6. The minimum absolute atomic E-state index is 0.110. The van der Waals surface area contributed by atoms with Crippen molar-refractivity contribution in [2.24, 2.45) is 0 Å². The molecule has 1 aromatic carbocycles. The van der Waals surface area contributed by atoms with E-state index in [0.717, 1.165) is 28.2 Å². The number of hydrogen-bond donors (Lipinski definition) is 1. The van der Waals surface area contributed by atoms with Crippen LogP contribution in [0, 0.1) is 13.8 Å². The topological polar surface area (TPSA) is 81.9 Å². The number of morpholine rings is 1. The molecule has 1 atom stereocenters. The molecule has 32 heavy (non-hydrogen) atoms. The van der Waals surface area contributed by atoms with Gasteiger partial charge in [0.05, 0.1) is 19.3 Å². The zero-order chi connectivity index (χ0) is 22.2. The summed E-state index contributed by atoms with van der Waals surface area (Å²) in [5.41, 5.74) is 3.54. The molecule has 0 spiro atoms. The zero-order valence-corrected chi connectivity index (χ0v) is 19.3. The molecule has 4 aromatic rings. The molecule has 0 amide bonds. The quantitative estimate of drug-likeness (QED) is 0.491. The molecule has 4 heterocycles. The van der Waals surface area contributed by atoms with E-state index in [4.69, 9.17) is 16.3 Å². The maximum atomic E-state index is 13.6. The fraction of sp³-hybridized carbons (Fsp3) is 0.304. The fourth-order valence-corrected chi connectivity index (χ4v) is 4.98. The van der Waals surface area contributed by atoms with Crippen molar-refractivity contribution in [1.82, 2.24) is 24.8 Å². The molecular formula is C23H22ClN5O2S. The summed E-state index contributed by atoms with van der Waals surface area (Å²) in [6.07, 6.45) is 1.64. The SMILES string of the molecule is Cc1csc(-c2ccc(-c3cc4cnc(C)nc4n(C[C@H]4CNCCO4)c3=O)c(Cl)c2)n1. The average molecular weight is 468 g/mol. The van der Waals surface area contributed by atoms with Crippen LogP contribution in [0.5, 0.6) is 0 Å². The first kappa shape index (κ1) is 21.2. The molecule has 1 aliphatic heterocycles. The third-order valence-corrected chi connectivity index (χ3v) is 6.79. The Hall–Kier alpha value is -2.65. The first-order valence-corrected chi connectivity index (χ1v) is 11.7. The summed E-state index contributed by atoms with van der Waals surface area (Å²) in [6, 6.07) is 7.52. The summed E-state index contributed by atoms with van der Waals surface area (Å²) in [5, 5.41) is 7.50. The number of ether oxygens (including phenoxy) is 1. The standard InChI is InChI=1S/C23H22ClN5O2S/c1-13-12-32-22(27-13)15-3-4-18(20(24)8-15)19-7-16-9-26-14(2)28-21(16)29(23(19)30)11-17-10-25-5-6-31-17/h3-4,7-9,12,17,25H,5-6,10-11H2,1-2H3/t17-/m1/s1. The second-order valence-electron chi connectivity index (χ2n) is 7.86. The molecule has 0 saturated carbocycles. The van der Waals surface area contributed by atoms with Crippen LogP contribution in [0.4, 0.5) is 0 Å². The summed E-state index contributed by atoms with van der Waals surface area (Å²) in [4.78, 5) is 27.0. The highest BCUT2D eigenvalue weighted by atomic mass is 35.5. The van der Waals surface area contributed by atoms with Gasteiger partial charge in [-0.05, 0) is 26.0 Å². The van der Waals surface area contributed by atoms with E-state index in [9.17, 15) is 4.79 Å². The number of nitrogens with one attached hydrogen (secondary N) is 1. The number of halogens is 1. The number of pyridine rings is 1. The van der Waals surface area contributed by atoms with Crippen LogP contribution in [0.15, 0.2) is 40.6 Å². The first-order chi connectivity index (χ1) is 15.5. The molecule has 0 bridgehead atoms. The van der Waals surface area contributed by atoms with Crippen molar-refractivity contribution in [3.05, 3.63) is 62.7 Å². The Balaban J connectivity index is 1.63. The Kier molecular flexibility index (Phi) is 5.77. The second-order valence-corrected chi connectivity index (χ2v) is 9.12. The van der Waals surface area contributed by atoms with Crippen LogP contribution >= 0.6 is 22.9 Å². The molecule has 1 saturated heterocycles. The molecule has 1 aliphatic rings. The predicted octanol–water partition coefficient (Wildman–Crippen LogP) is 3.84. The van der Waals surface area contributed by atoms with Crippen LogP contribution in [0.25, 0.3) is 32.7 Å². The van der Waals surface area contributed by atoms with E-state index in [-0.39, 0.29) is 11.7 Å². The van der Waals surface area contributed by atoms with Crippen molar-refractivity contribution in [1.29, 1.82) is 0 Å². The Morgan fingerprint density at radius 1 is 1.25 bits per heavy atom. The van der Waals surface area contributed by atoms with Crippen LogP contribution in [0.1, 0.15) is 11.5 Å². The number of fused-ring (bicyclic) bond motifs is 1. The predicted molar refractivity (Wildman–Crippen MR) is 127 cm³/mol. The van der Waals surface area contributed by atoms with E-state index in [1.54, 1.807) is 22.1 Å². The Morgan fingerprint density at radius 3 is 2.84 bits per heavy atom. The van der Waals surface area contributed by atoms with E-state index < -0.39 is 0 Å². The van der Waals surface area contributed by atoms with Gasteiger partial charge in [0.15, 0.2) is 0 Å². The highest BCUT2D eigenvalue weighted by Gasteiger charge is 2.20. The second kappa shape index (κ2) is 8.71. The Bertz CT molecular complexity index is 1360. The number of rotatable bonds is 4. The molecular weight excluding hydrogens is 446 g/mol. The summed E-state index contributed by atoms with van der Waals surface area (Å²) in [7, 11) is 0. The normalized spacial score (nSPS) is 16.5. The van der Waals surface area contributed by atoms with Gasteiger partial charge in [-0.3, -0.25) is 9.36 Å². The van der Waals surface area contributed by atoms with Crippen molar-refractivity contribution in [3.8, 4) is 21.7 Å². The largest absolute Gasteiger partial charge is 0.374 e. The first-order valence-electron chi connectivity index (χ1n) is 10.4. The van der Waals surface area contributed by atoms with Gasteiger partial charge in [-0.2, -0.15) is 0 Å². The van der Waals surface area contributed by atoms with E-state index in [1.807, 2.05) is 43.5 Å². The number of thiazole rings is 1. The summed E-state index contributed by atoms with van der Waals surface area (Å²) in [6.45, 7) is 6.30. The van der Waals surface area contributed by atoms with Crippen molar-refractivity contribution in [3.63, 3.8) is 0 Å².